The van der Waals surface area contributed by atoms with E-state index >= 15 is 38.4 Å². The van der Waals surface area contributed by atoms with Gasteiger partial charge in [0.2, 0.25) is 11.8 Å². The second-order valence-electron chi connectivity index (χ2n) is 24.6. The molecule has 0 aromatic rings. The molecule has 4 aliphatic heterocycles. The van der Waals surface area contributed by atoms with E-state index in [-0.39, 0.29) is 54.6 Å². The van der Waals surface area contributed by atoms with Gasteiger partial charge in [-0.15, -0.1) is 0 Å². The third-order valence-electron chi connectivity index (χ3n) is 20.0. The van der Waals surface area contributed by atoms with Crippen LogP contribution >= 0.6 is 0 Å². The molecule has 10 rings (SSSR count). The van der Waals surface area contributed by atoms with Crippen LogP contribution in [-0.4, -0.2) is 104 Å². The number of amides is 2. The van der Waals surface area contributed by atoms with Crippen molar-refractivity contribution in [2.45, 2.75) is 157 Å². The number of aliphatic hydroxyl groups is 3. The fraction of sp³-hybridized carbons (Fsp3) is 0.684. The second kappa shape index (κ2) is 16.5. The fourth-order valence-electron chi connectivity index (χ4n) is 17.0. The molecule has 5 fully saturated rings. The van der Waals surface area contributed by atoms with Crippen molar-refractivity contribution < 1.29 is 58.4 Å². The Kier molecular flexibility index (Phi) is 11.6. The molecule has 71 heavy (non-hydrogen) atoms. The highest BCUT2D eigenvalue weighted by molar-refractivity contribution is 6.31. The molecular weight excluding hydrogens is 905 g/mol. The van der Waals surface area contributed by atoms with E-state index < -0.39 is 158 Å². The first-order valence-corrected chi connectivity index (χ1v) is 26.3. The summed E-state index contributed by atoms with van der Waals surface area (Å²) in [6.45, 7) is 20.9. The van der Waals surface area contributed by atoms with E-state index in [1.807, 2.05) is 86.6 Å². The number of carbonyl (C=O) groups excluding carboxylic acids is 8. The lowest BCUT2D eigenvalue weighted by molar-refractivity contribution is -0.161. The molecule has 4 heterocycles. The van der Waals surface area contributed by atoms with E-state index in [4.69, 9.17) is 4.74 Å². The maximum absolute atomic E-state index is 17.2. The number of aliphatic hydroxyl groups excluding tert-OH is 2. The summed E-state index contributed by atoms with van der Waals surface area (Å²) < 4.78 is 6.96. The molecule has 14 heteroatoms. The number of carbonyl (C=O) groups is 8. The first-order valence-electron chi connectivity index (χ1n) is 26.3. The number of ether oxygens (including phenoxy) is 1. The van der Waals surface area contributed by atoms with Crippen molar-refractivity contribution in [3.63, 3.8) is 0 Å². The van der Waals surface area contributed by atoms with Gasteiger partial charge in [0.05, 0.1) is 41.3 Å². The minimum Gasteiger partial charge on any atom is -0.385 e. The molecule has 20 atom stereocenters. The Bertz CT molecular complexity index is 2650. The average Bonchev–Trinajstić information content (AvgIpc) is 4.05. The highest BCUT2D eigenvalue weighted by Gasteiger charge is 2.88. The Morgan fingerprint density at radius 2 is 1.10 bits per heavy atom. The van der Waals surface area contributed by atoms with Gasteiger partial charge in [0.25, 0.3) is 0 Å². The number of fused-ring (bicyclic) bond motifs is 9. The average molecular weight is 977 g/mol. The molecule has 6 aliphatic carbocycles. The summed E-state index contributed by atoms with van der Waals surface area (Å²) in [5.74, 6) is -18.6. The highest BCUT2D eigenvalue weighted by atomic mass is 16.5. The minimum atomic E-state index is -3.26. The van der Waals surface area contributed by atoms with Gasteiger partial charge in [-0.1, -0.05) is 88.1 Å². The Hall–Kier alpha value is -4.50. The molecular formula is C57H72N2O12. The van der Waals surface area contributed by atoms with Gasteiger partial charge in [-0.3, -0.25) is 38.4 Å². The molecule has 2 amide bonds. The standard InChI is InChI=1S/C57H72N2O12/c1-22(2)16-33-39-28(9)26(7)20-31-18-24(5)12-14-35(60)44(62)37-38(48(65)54(31,39)52(68)58-33)50-56-41(46(37)71-50)30(11)47(64)57(70,51(56)67)42-43(56)49(66)55-32(19-25(6)13-15-36(61)45(42)63)21-27(8)29(10)40(55)34(17-23(3)4)59-53(55)69/h18-23,28-29,31-40,42-43,46,50,60-61,70H,12-17H2,1-11H3,(H,58,68)(H,59,69)/b24-18+,25-19+/t28-,29-,31+,32+,33+,34+,35-,36?,37+,38+,39+,40+,42+,43+,46+,50?,54-,55-,56?,57?/m1/s1. The quantitative estimate of drug-likeness (QED) is 0.192. The first kappa shape index (κ1) is 50.1. The zero-order valence-electron chi connectivity index (χ0n) is 43.0. The van der Waals surface area contributed by atoms with Crippen LogP contribution in [0.25, 0.3) is 0 Å². The van der Waals surface area contributed by atoms with E-state index in [0.717, 1.165) is 16.7 Å². The zero-order chi connectivity index (χ0) is 51.7. The van der Waals surface area contributed by atoms with Crippen molar-refractivity contribution in [2.75, 3.05) is 0 Å². The van der Waals surface area contributed by atoms with Crippen LogP contribution in [0.15, 0.2) is 57.7 Å². The van der Waals surface area contributed by atoms with E-state index in [9.17, 15) is 15.3 Å². The number of rotatable bonds is 4. The first-order chi connectivity index (χ1) is 33.3. The van der Waals surface area contributed by atoms with Gasteiger partial charge in [-0.2, -0.15) is 0 Å². The zero-order valence-corrected chi connectivity index (χ0v) is 43.0. The molecule has 0 aromatic heterocycles. The number of Topliss-reactive ketones (excluding diaryl/α,β-unsaturated/α-hetero) is 6. The summed E-state index contributed by atoms with van der Waals surface area (Å²) in [7, 11) is 0. The van der Waals surface area contributed by atoms with Gasteiger partial charge >= 0.3 is 0 Å². The molecule has 1 saturated carbocycles. The molecule has 382 valence electrons. The van der Waals surface area contributed by atoms with Crippen molar-refractivity contribution in [1.29, 1.82) is 0 Å². The SMILES string of the molecule is CC1=C[C@@H]2/C=C(\C)CCC(O)C(=O)[C@@H]3[C@@H](C(=O)[C@@]24C(=O)N[C@@H](CC(C)C)[C@@H]4[C@@H]1C)C12C(=O)C3(O)C(=O)C(C)=C1[C@H]1OC2[C@@H]2C(=O)[C@]34C(=O)N[C@@H](CC(C)C)[C@@H]3[C@H](C)C(C)=C[C@@H]4/C=C(\C)CC[C@@H](O)C(=O)[C@@H]12. The molecule has 3 spiro atoms. The van der Waals surface area contributed by atoms with Gasteiger partial charge in [-0.25, -0.2) is 0 Å². The third kappa shape index (κ3) is 6.13. The smallest absolute Gasteiger partial charge is 0.235 e. The molecule has 5 N–H and O–H groups in total. The lowest BCUT2D eigenvalue weighted by Gasteiger charge is -2.51. The Morgan fingerprint density at radius 1 is 0.634 bits per heavy atom. The Balaban J connectivity index is 1.28. The molecule has 4 bridgehead atoms. The van der Waals surface area contributed by atoms with Gasteiger partial charge in [0.1, 0.15) is 23.0 Å². The lowest BCUT2D eigenvalue weighted by atomic mass is 9.46. The van der Waals surface area contributed by atoms with Crippen molar-refractivity contribution in [1.82, 2.24) is 10.6 Å². The van der Waals surface area contributed by atoms with E-state index in [0.29, 0.717) is 18.4 Å². The van der Waals surface area contributed by atoms with Crippen molar-refractivity contribution in [2.24, 2.45) is 87.3 Å². The van der Waals surface area contributed by atoms with E-state index in [2.05, 4.69) is 10.6 Å². The monoisotopic (exact) mass is 977 g/mol. The second-order valence-corrected chi connectivity index (χ2v) is 24.6. The van der Waals surface area contributed by atoms with Crippen LogP contribution in [0.3, 0.4) is 0 Å². The Labute approximate surface area is 416 Å². The molecule has 10 aliphatic rings. The predicted octanol–water partition coefficient (Wildman–Crippen LogP) is 4.63. The fourth-order valence-corrected chi connectivity index (χ4v) is 17.0. The molecule has 0 radical (unpaired) electrons. The van der Waals surface area contributed by atoms with Crippen LogP contribution in [0.2, 0.25) is 0 Å². The van der Waals surface area contributed by atoms with Crippen molar-refractivity contribution >= 4 is 46.5 Å². The van der Waals surface area contributed by atoms with Crippen LogP contribution in [0.1, 0.15) is 115 Å². The Morgan fingerprint density at radius 3 is 1.58 bits per heavy atom. The van der Waals surface area contributed by atoms with Crippen molar-refractivity contribution in [3.05, 3.63) is 57.7 Å². The predicted molar refractivity (Wildman–Crippen MR) is 258 cm³/mol. The molecule has 0 aromatic carbocycles. The highest BCUT2D eigenvalue weighted by Crippen LogP contribution is 2.74. The summed E-state index contributed by atoms with van der Waals surface area (Å²) in [4.78, 5) is 127. The maximum atomic E-state index is 17.2. The van der Waals surface area contributed by atoms with Gasteiger partial charge in [0, 0.05) is 35.8 Å². The number of ketones is 6. The minimum absolute atomic E-state index is 0.0489. The van der Waals surface area contributed by atoms with Gasteiger partial charge < -0.3 is 30.7 Å². The number of hydrogen-bond acceptors (Lipinski definition) is 12. The van der Waals surface area contributed by atoms with E-state index in [1.165, 1.54) is 6.92 Å². The third-order valence-corrected chi connectivity index (χ3v) is 20.0. The number of nitrogens with one attached hydrogen (secondary N) is 2. The van der Waals surface area contributed by atoms with Crippen LogP contribution in [0, 0.1) is 87.3 Å². The normalized spacial score (nSPS) is 48.7. The topological polar surface area (TPSA) is 231 Å². The van der Waals surface area contributed by atoms with Crippen molar-refractivity contribution in [3.8, 4) is 0 Å². The summed E-state index contributed by atoms with van der Waals surface area (Å²) >= 11 is 0. The molecule has 4 unspecified atom stereocenters. The molecule has 14 nitrogen and oxygen atoms in total. The number of allylic oxidation sites excluding steroid dienone is 8. The van der Waals surface area contributed by atoms with E-state index in [1.54, 1.807) is 6.92 Å². The van der Waals surface area contributed by atoms with Crippen LogP contribution in [0.5, 0.6) is 0 Å². The van der Waals surface area contributed by atoms with Crippen LogP contribution in [0.4, 0.5) is 0 Å². The molecule has 4 saturated heterocycles. The van der Waals surface area contributed by atoms with Crippen LogP contribution < -0.4 is 10.6 Å². The maximum Gasteiger partial charge on any atom is 0.235 e. The largest absolute Gasteiger partial charge is 0.385 e. The number of hydrogen-bond donors (Lipinski definition) is 5. The van der Waals surface area contributed by atoms with Crippen LogP contribution in [-0.2, 0) is 43.1 Å². The van der Waals surface area contributed by atoms with Gasteiger partial charge in [-0.05, 0) is 108 Å². The summed E-state index contributed by atoms with van der Waals surface area (Å²) in [6.07, 6.45) is 1.69. The van der Waals surface area contributed by atoms with Gasteiger partial charge in [0.15, 0.2) is 40.3 Å². The summed E-state index contributed by atoms with van der Waals surface area (Å²) in [5.41, 5.74) is -6.77. The lowest BCUT2D eigenvalue weighted by Crippen LogP contribution is -2.65. The summed E-state index contributed by atoms with van der Waals surface area (Å²) in [5, 5.41) is 43.5. The summed E-state index contributed by atoms with van der Waals surface area (Å²) in [6, 6.07) is -1.05.